The van der Waals surface area contributed by atoms with E-state index in [1.54, 1.807) is 0 Å². The molecule has 0 aliphatic carbocycles. The van der Waals surface area contributed by atoms with Gasteiger partial charge >= 0.3 is 0 Å². The smallest absolute Gasteiger partial charge is 0.120 e. The number of nitriles is 1. The summed E-state index contributed by atoms with van der Waals surface area (Å²) in [6.45, 7) is 5.37. The van der Waals surface area contributed by atoms with Crippen molar-refractivity contribution in [1.29, 1.82) is 5.26 Å². The van der Waals surface area contributed by atoms with Crippen LogP contribution in [0, 0.1) is 18.3 Å². The average Bonchev–Trinajstić information content (AvgIpc) is 2.74. The van der Waals surface area contributed by atoms with E-state index in [1.807, 2.05) is 55.8 Å². The van der Waals surface area contributed by atoms with Gasteiger partial charge in [0.25, 0.3) is 0 Å². The fraction of sp³-hybridized carbons (Fsp3) is 0.312. The van der Waals surface area contributed by atoms with E-state index in [4.69, 9.17) is 10.00 Å². The van der Waals surface area contributed by atoms with Crippen LogP contribution in [0.2, 0.25) is 0 Å². The lowest BCUT2D eigenvalue weighted by Crippen LogP contribution is -2.01. The van der Waals surface area contributed by atoms with Crippen LogP contribution in [0.15, 0.2) is 30.3 Å². The van der Waals surface area contributed by atoms with Crippen molar-refractivity contribution in [1.82, 2.24) is 4.57 Å². The summed E-state index contributed by atoms with van der Waals surface area (Å²) in [7, 11) is 1.91. The minimum atomic E-state index is 0.674. The van der Waals surface area contributed by atoms with E-state index in [2.05, 4.69) is 11.4 Å². The molecular formula is C16H19N3O. The molecule has 2 aromatic rings. The number of aromatic nitrogens is 1. The molecule has 0 saturated heterocycles. The van der Waals surface area contributed by atoms with Crippen LogP contribution in [-0.4, -0.2) is 11.2 Å². The average molecular weight is 269 g/mol. The van der Waals surface area contributed by atoms with Crippen LogP contribution < -0.4 is 10.1 Å². The number of anilines is 1. The molecule has 0 amide bonds. The molecule has 0 bridgehead atoms. The molecule has 1 heterocycles. The third-order valence-corrected chi connectivity index (χ3v) is 3.40. The molecule has 0 fully saturated rings. The fourth-order valence-corrected chi connectivity index (χ4v) is 2.08. The first-order valence-electron chi connectivity index (χ1n) is 6.67. The molecule has 0 aliphatic heterocycles. The number of nitrogens with zero attached hydrogens (tertiary/aromatic N) is 2. The monoisotopic (exact) mass is 269 g/mol. The molecular weight excluding hydrogens is 250 g/mol. The van der Waals surface area contributed by atoms with Crippen LogP contribution >= 0.6 is 0 Å². The lowest BCUT2D eigenvalue weighted by molar-refractivity contribution is 0.340. The normalized spacial score (nSPS) is 10.1. The van der Waals surface area contributed by atoms with Gasteiger partial charge in [0.1, 0.15) is 17.5 Å². The molecule has 0 saturated carbocycles. The highest BCUT2D eigenvalue weighted by Gasteiger charge is 2.08. The van der Waals surface area contributed by atoms with Crippen LogP contribution in [0.1, 0.15) is 23.9 Å². The summed E-state index contributed by atoms with van der Waals surface area (Å²) < 4.78 is 7.32. The van der Waals surface area contributed by atoms with Crippen molar-refractivity contribution in [3.63, 3.8) is 0 Å². The zero-order valence-corrected chi connectivity index (χ0v) is 12.1. The molecule has 2 rings (SSSR count). The van der Waals surface area contributed by atoms with Crippen LogP contribution in [-0.2, 0) is 13.6 Å². The van der Waals surface area contributed by atoms with Crippen molar-refractivity contribution in [2.24, 2.45) is 7.05 Å². The number of hydrogen-bond acceptors (Lipinski definition) is 3. The standard InChI is InChI=1S/C16H19N3O/c1-4-20-16-7-5-14(6-8-16)18-11-13-9-15(10-17)19(3)12(13)2/h5-9,18H,4,11H2,1-3H3. The van der Waals surface area contributed by atoms with E-state index < -0.39 is 0 Å². The number of ether oxygens (including phenoxy) is 1. The van der Waals surface area contributed by atoms with Crippen molar-refractivity contribution < 1.29 is 4.74 Å². The third-order valence-electron chi connectivity index (χ3n) is 3.40. The molecule has 0 aliphatic rings. The second-order valence-corrected chi connectivity index (χ2v) is 4.62. The number of nitrogens with one attached hydrogen (secondary N) is 1. The maximum Gasteiger partial charge on any atom is 0.120 e. The summed E-state index contributed by atoms with van der Waals surface area (Å²) >= 11 is 0. The molecule has 1 N–H and O–H groups in total. The lowest BCUT2D eigenvalue weighted by Gasteiger charge is -2.08. The molecule has 0 radical (unpaired) electrons. The number of benzene rings is 1. The Morgan fingerprint density at radius 2 is 2.00 bits per heavy atom. The van der Waals surface area contributed by atoms with Gasteiger partial charge in [0.05, 0.1) is 6.61 Å². The fourth-order valence-electron chi connectivity index (χ4n) is 2.08. The summed E-state index contributed by atoms with van der Waals surface area (Å²) in [6, 6.07) is 12.0. The van der Waals surface area contributed by atoms with E-state index in [-0.39, 0.29) is 0 Å². The first kappa shape index (κ1) is 14.0. The van der Waals surface area contributed by atoms with Gasteiger partial charge in [-0.2, -0.15) is 5.26 Å². The molecule has 20 heavy (non-hydrogen) atoms. The summed E-state index contributed by atoms with van der Waals surface area (Å²) in [4.78, 5) is 0. The van der Waals surface area contributed by atoms with E-state index in [9.17, 15) is 0 Å². The molecule has 0 spiro atoms. The highest BCUT2D eigenvalue weighted by Crippen LogP contribution is 2.18. The maximum atomic E-state index is 9.02. The summed E-state index contributed by atoms with van der Waals surface area (Å²) in [5, 5.41) is 12.4. The molecule has 104 valence electrons. The van der Waals surface area contributed by atoms with Crippen LogP contribution in [0.3, 0.4) is 0 Å². The Bertz CT molecular complexity index is 620. The van der Waals surface area contributed by atoms with Crippen LogP contribution in [0.25, 0.3) is 0 Å². The SMILES string of the molecule is CCOc1ccc(NCc2cc(C#N)n(C)c2C)cc1. The zero-order valence-electron chi connectivity index (χ0n) is 12.1. The first-order valence-corrected chi connectivity index (χ1v) is 6.67. The molecule has 4 nitrogen and oxygen atoms in total. The van der Waals surface area contributed by atoms with Gasteiger partial charge in [0.15, 0.2) is 0 Å². The number of hydrogen-bond donors (Lipinski definition) is 1. The topological polar surface area (TPSA) is 50.0 Å². The molecule has 4 heteroatoms. The highest BCUT2D eigenvalue weighted by molar-refractivity contribution is 5.47. The minimum Gasteiger partial charge on any atom is -0.494 e. The minimum absolute atomic E-state index is 0.674. The Hall–Kier alpha value is -2.41. The highest BCUT2D eigenvalue weighted by atomic mass is 16.5. The Kier molecular flexibility index (Phi) is 4.31. The van der Waals surface area contributed by atoms with Crippen molar-refractivity contribution in [3.05, 3.63) is 47.3 Å². The molecule has 1 aromatic carbocycles. The zero-order chi connectivity index (χ0) is 14.5. The van der Waals surface area contributed by atoms with Gasteiger partial charge < -0.3 is 14.6 Å². The van der Waals surface area contributed by atoms with Gasteiger partial charge in [-0.1, -0.05) is 0 Å². The lowest BCUT2D eigenvalue weighted by atomic mass is 10.2. The predicted octanol–water partition coefficient (Wildman–Crippen LogP) is 3.22. The van der Waals surface area contributed by atoms with Crippen molar-refractivity contribution >= 4 is 5.69 Å². The van der Waals surface area contributed by atoms with Gasteiger partial charge in [0, 0.05) is 25.0 Å². The Morgan fingerprint density at radius 3 is 2.55 bits per heavy atom. The van der Waals surface area contributed by atoms with Gasteiger partial charge in [0.2, 0.25) is 0 Å². The second-order valence-electron chi connectivity index (χ2n) is 4.62. The van der Waals surface area contributed by atoms with Gasteiger partial charge in [-0.15, -0.1) is 0 Å². The summed E-state index contributed by atoms with van der Waals surface area (Å²) in [6.07, 6.45) is 0. The van der Waals surface area contributed by atoms with Gasteiger partial charge in [-0.3, -0.25) is 0 Å². The third kappa shape index (κ3) is 2.94. The predicted molar refractivity (Wildman–Crippen MR) is 79.8 cm³/mol. The second kappa shape index (κ2) is 6.16. The Morgan fingerprint density at radius 1 is 1.30 bits per heavy atom. The molecule has 0 unspecified atom stereocenters. The quantitative estimate of drug-likeness (QED) is 0.906. The molecule has 1 aromatic heterocycles. The van der Waals surface area contributed by atoms with E-state index in [0.717, 1.165) is 22.7 Å². The van der Waals surface area contributed by atoms with E-state index in [1.165, 1.54) is 0 Å². The van der Waals surface area contributed by atoms with Crippen molar-refractivity contribution in [2.45, 2.75) is 20.4 Å². The Labute approximate surface area is 119 Å². The Balaban J connectivity index is 2.03. The molecule has 0 atom stereocenters. The van der Waals surface area contributed by atoms with E-state index in [0.29, 0.717) is 18.8 Å². The van der Waals surface area contributed by atoms with Crippen LogP contribution in [0.4, 0.5) is 5.69 Å². The van der Waals surface area contributed by atoms with Crippen LogP contribution in [0.5, 0.6) is 5.75 Å². The maximum absolute atomic E-state index is 9.02. The largest absolute Gasteiger partial charge is 0.494 e. The first-order chi connectivity index (χ1) is 9.65. The van der Waals surface area contributed by atoms with Gasteiger partial charge in [-0.05, 0) is 49.7 Å². The van der Waals surface area contributed by atoms with Crippen molar-refractivity contribution in [3.8, 4) is 11.8 Å². The summed E-state index contributed by atoms with van der Waals surface area (Å²) in [5.74, 6) is 0.876. The van der Waals surface area contributed by atoms with Crippen molar-refractivity contribution in [2.75, 3.05) is 11.9 Å². The van der Waals surface area contributed by atoms with E-state index >= 15 is 0 Å². The summed E-state index contributed by atoms with van der Waals surface area (Å²) in [5.41, 5.74) is 3.97. The van der Waals surface area contributed by atoms with Gasteiger partial charge in [-0.25, -0.2) is 0 Å². The number of rotatable bonds is 5.